The van der Waals surface area contributed by atoms with Crippen molar-refractivity contribution in [3.05, 3.63) is 0 Å². The van der Waals surface area contributed by atoms with Gasteiger partial charge in [0.15, 0.2) is 0 Å². The van der Waals surface area contributed by atoms with E-state index in [-0.39, 0.29) is 6.04 Å². The Morgan fingerprint density at radius 1 is 1.46 bits per heavy atom. The molecule has 1 N–H and O–H groups in total. The first-order valence-corrected chi connectivity index (χ1v) is 5.06. The Hall–Kier alpha value is -0.590. The van der Waals surface area contributed by atoms with E-state index < -0.39 is 0 Å². The average Bonchev–Trinajstić information content (AvgIpc) is 2.17. The van der Waals surface area contributed by atoms with Gasteiger partial charge in [0.25, 0.3) is 0 Å². The molecule has 0 aromatic rings. The monoisotopic (exact) mass is 183 g/mol. The van der Waals surface area contributed by atoms with Gasteiger partial charge >= 0.3 is 0 Å². The summed E-state index contributed by atoms with van der Waals surface area (Å²) in [7, 11) is 2.08. The number of hydrogen-bond acceptors (Lipinski definition) is 3. The number of nitriles is 1. The molecule has 0 saturated heterocycles. The van der Waals surface area contributed by atoms with Gasteiger partial charge in [0.05, 0.1) is 12.1 Å². The summed E-state index contributed by atoms with van der Waals surface area (Å²) in [5.74, 6) is 0. The molecule has 0 aliphatic rings. The molecule has 0 bridgehead atoms. The summed E-state index contributed by atoms with van der Waals surface area (Å²) in [4.78, 5) is 2.22. The summed E-state index contributed by atoms with van der Waals surface area (Å²) in [5.41, 5.74) is 0. The standard InChI is InChI=1S/C10H21N3/c1-4-7-12-10(9-11)6-8-13(3)5-2/h10,12H,4-8H2,1-3H3. The van der Waals surface area contributed by atoms with Crippen molar-refractivity contribution < 1.29 is 0 Å². The number of rotatable bonds is 7. The molecule has 0 heterocycles. The first-order valence-electron chi connectivity index (χ1n) is 5.06. The molecule has 0 spiro atoms. The third-order valence-electron chi connectivity index (χ3n) is 2.14. The highest BCUT2D eigenvalue weighted by Gasteiger charge is 2.06. The van der Waals surface area contributed by atoms with Crippen LogP contribution in [-0.2, 0) is 0 Å². The van der Waals surface area contributed by atoms with Crippen LogP contribution in [0.1, 0.15) is 26.7 Å². The van der Waals surface area contributed by atoms with Crippen LogP contribution in [0.15, 0.2) is 0 Å². The van der Waals surface area contributed by atoms with Crippen molar-refractivity contribution in [3.8, 4) is 6.07 Å². The molecule has 1 unspecified atom stereocenters. The molecule has 13 heavy (non-hydrogen) atoms. The van der Waals surface area contributed by atoms with E-state index in [0.29, 0.717) is 0 Å². The Bertz CT molecular complexity index is 151. The zero-order valence-electron chi connectivity index (χ0n) is 9.01. The molecule has 1 atom stereocenters. The Balaban J connectivity index is 3.54. The summed E-state index contributed by atoms with van der Waals surface area (Å²) in [6.45, 7) is 7.21. The molecule has 0 fully saturated rings. The van der Waals surface area contributed by atoms with Crippen LogP contribution in [0.25, 0.3) is 0 Å². The molecule has 0 saturated carbocycles. The van der Waals surface area contributed by atoms with Crippen molar-refractivity contribution in [1.82, 2.24) is 10.2 Å². The molecule has 0 aliphatic carbocycles. The summed E-state index contributed by atoms with van der Waals surface area (Å²) < 4.78 is 0. The van der Waals surface area contributed by atoms with Gasteiger partial charge < -0.3 is 10.2 Å². The highest BCUT2D eigenvalue weighted by atomic mass is 15.1. The molecular weight excluding hydrogens is 162 g/mol. The first kappa shape index (κ1) is 12.4. The lowest BCUT2D eigenvalue weighted by Gasteiger charge is -2.16. The van der Waals surface area contributed by atoms with Crippen LogP contribution >= 0.6 is 0 Å². The van der Waals surface area contributed by atoms with Crippen molar-refractivity contribution in [2.24, 2.45) is 0 Å². The topological polar surface area (TPSA) is 39.1 Å². The van der Waals surface area contributed by atoms with E-state index in [2.05, 4.69) is 37.2 Å². The largest absolute Gasteiger partial charge is 0.307 e. The fourth-order valence-corrected chi connectivity index (χ4v) is 1.04. The Kier molecular flexibility index (Phi) is 7.66. The van der Waals surface area contributed by atoms with Crippen LogP contribution in [0.4, 0.5) is 0 Å². The van der Waals surface area contributed by atoms with Gasteiger partial charge in [-0.3, -0.25) is 0 Å². The highest BCUT2D eigenvalue weighted by molar-refractivity contribution is 4.89. The molecule has 3 heteroatoms. The van der Waals surface area contributed by atoms with Gasteiger partial charge in [0.1, 0.15) is 0 Å². The van der Waals surface area contributed by atoms with Gasteiger partial charge in [-0.2, -0.15) is 5.26 Å². The smallest absolute Gasteiger partial charge is 0.0965 e. The minimum absolute atomic E-state index is 0.0222. The van der Waals surface area contributed by atoms with Gasteiger partial charge in [-0.25, -0.2) is 0 Å². The number of nitrogens with one attached hydrogen (secondary N) is 1. The third-order valence-corrected chi connectivity index (χ3v) is 2.14. The second-order valence-corrected chi connectivity index (χ2v) is 3.32. The van der Waals surface area contributed by atoms with Gasteiger partial charge in [-0.15, -0.1) is 0 Å². The third kappa shape index (κ3) is 6.56. The maximum Gasteiger partial charge on any atom is 0.0965 e. The maximum absolute atomic E-state index is 8.81. The lowest BCUT2D eigenvalue weighted by atomic mass is 10.2. The lowest BCUT2D eigenvalue weighted by Crippen LogP contribution is -2.32. The van der Waals surface area contributed by atoms with Gasteiger partial charge in [0.2, 0.25) is 0 Å². The Morgan fingerprint density at radius 3 is 2.62 bits per heavy atom. The van der Waals surface area contributed by atoms with Crippen LogP contribution in [0.5, 0.6) is 0 Å². The second-order valence-electron chi connectivity index (χ2n) is 3.32. The van der Waals surface area contributed by atoms with Crippen molar-refractivity contribution in [2.75, 3.05) is 26.7 Å². The molecule has 0 aromatic carbocycles. The highest BCUT2D eigenvalue weighted by Crippen LogP contribution is 1.93. The number of hydrogen-bond donors (Lipinski definition) is 1. The predicted octanol–water partition coefficient (Wildman–Crippen LogP) is 1.22. The quantitative estimate of drug-likeness (QED) is 0.645. The Morgan fingerprint density at radius 2 is 2.15 bits per heavy atom. The summed E-state index contributed by atoms with van der Waals surface area (Å²) in [5, 5.41) is 12.0. The number of nitrogens with zero attached hydrogens (tertiary/aromatic N) is 2. The summed E-state index contributed by atoms with van der Waals surface area (Å²) >= 11 is 0. The molecule has 0 aliphatic heterocycles. The van der Waals surface area contributed by atoms with Crippen LogP contribution < -0.4 is 5.32 Å². The van der Waals surface area contributed by atoms with Crippen LogP contribution in [0.3, 0.4) is 0 Å². The van der Waals surface area contributed by atoms with Crippen molar-refractivity contribution in [3.63, 3.8) is 0 Å². The van der Waals surface area contributed by atoms with E-state index in [1.165, 1.54) is 0 Å². The molecule has 0 radical (unpaired) electrons. The van der Waals surface area contributed by atoms with E-state index in [9.17, 15) is 0 Å². The van der Waals surface area contributed by atoms with E-state index >= 15 is 0 Å². The SMILES string of the molecule is CCCNC(C#N)CCN(C)CC. The fraction of sp³-hybridized carbons (Fsp3) is 0.900. The Labute approximate surface area is 81.7 Å². The van der Waals surface area contributed by atoms with Crippen LogP contribution in [-0.4, -0.2) is 37.6 Å². The van der Waals surface area contributed by atoms with E-state index in [4.69, 9.17) is 5.26 Å². The van der Waals surface area contributed by atoms with Gasteiger partial charge in [0, 0.05) is 6.54 Å². The first-order chi connectivity index (χ1) is 6.24. The minimum Gasteiger partial charge on any atom is -0.307 e. The van der Waals surface area contributed by atoms with Gasteiger partial charge in [-0.1, -0.05) is 13.8 Å². The molecule has 0 rings (SSSR count). The van der Waals surface area contributed by atoms with E-state index in [1.54, 1.807) is 0 Å². The maximum atomic E-state index is 8.81. The normalized spacial score (nSPS) is 12.8. The average molecular weight is 183 g/mol. The second kappa shape index (κ2) is 8.03. The summed E-state index contributed by atoms with van der Waals surface area (Å²) in [6.07, 6.45) is 2.00. The molecule has 3 nitrogen and oxygen atoms in total. The fourth-order valence-electron chi connectivity index (χ4n) is 1.04. The molecule has 0 amide bonds. The molecule has 0 aromatic heterocycles. The summed E-state index contributed by atoms with van der Waals surface area (Å²) in [6, 6.07) is 2.30. The minimum atomic E-state index is 0.0222. The van der Waals surface area contributed by atoms with E-state index in [0.717, 1.165) is 32.5 Å². The van der Waals surface area contributed by atoms with Crippen molar-refractivity contribution in [1.29, 1.82) is 5.26 Å². The predicted molar refractivity (Wildman–Crippen MR) is 55.5 cm³/mol. The zero-order valence-corrected chi connectivity index (χ0v) is 9.01. The van der Waals surface area contributed by atoms with Crippen molar-refractivity contribution >= 4 is 0 Å². The van der Waals surface area contributed by atoms with Crippen molar-refractivity contribution in [2.45, 2.75) is 32.7 Å². The van der Waals surface area contributed by atoms with Crippen LogP contribution in [0, 0.1) is 11.3 Å². The van der Waals surface area contributed by atoms with Crippen LogP contribution in [0.2, 0.25) is 0 Å². The molecular formula is C10H21N3. The van der Waals surface area contributed by atoms with Gasteiger partial charge in [-0.05, 0) is 33.0 Å². The van der Waals surface area contributed by atoms with E-state index in [1.807, 2.05) is 0 Å². The zero-order chi connectivity index (χ0) is 10.1. The lowest BCUT2D eigenvalue weighted by molar-refractivity contribution is 0.333. The molecule has 76 valence electrons.